The van der Waals surface area contributed by atoms with Crippen LogP contribution >= 0.6 is 11.3 Å². The van der Waals surface area contributed by atoms with Crippen molar-refractivity contribution >= 4 is 50.6 Å². The number of nitriles is 1. The highest BCUT2D eigenvalue weighted by molar-refractivity contribution is 7.89. The van der Waals surface area contributed by atoms with Crippen LogP contribution in [-0.2, 0) is 19.6 Å². The lowest BCUT2D eigenvalue weighted by atomic mass is 10.1. The third-order valence-corrected chi connectivity index (χ3v) is 10.1. The molecule has 1 fully saturated rings. The van der Waals surface area contributed by atoms with Gasteiger partial charge in [0.05, 0.1) is 27.8 Å². The number of aromatic nitrogens is 1. The number of rotatable bonds is 7. The van der Waals surface area contributed by atoms with Gasteiger partial charge >= 0.3 is 5.97 Å². The fraction of sp³-hybridized carbons (Fsp3) is 0.188. The zero-order valence-electron chi connectivity index (χ0n) is 24.0. The van der Waals surface area contributed by atoms with E-state index >= 15 is 0 Å². The highest BCUT2D eigenvalue weighted by Gasteiger charge is 2.26. The third-order valence-electron chi connectivity index (χ3n) is 7.14. The Morgan fingerprint density at radius 1 is 1.02 bits per heavy atom. The number of hydrogen-bond donors (Lipinski definition) is 1. The van der Waals surface area contributed by atoms with E-state index in [0.717, 1.165) is 47.3 Å². The van der Waals surface area contributed by atoms with Gasteiger partial charge < -0.3 is 10.1 Å². The monoisotopic (exact) mass is 646 g/mol. The number of hydrogen-bond acceptors (Lipinski definition) is 8. The first-order chi connectivity index (χ1) is 21.6. The first kappa shape index (κ1) is 31.5. The first-order valence-electron chi connectivity index (χ1n) is 13.9. The normalized spacial score (nSPS) is 14.8. The van der Waals surface area contributed by atoms with Crippen LogP contribution in [0.1, 0.15) is 35.2 Å². The van der Waals surface area contributed by atoms with Crippen LogP contribution in [0, 0.1) is 17.1 Å². The number of ether oxygens (including phenoxy) is 1. The average Bonchev–Trinajstić information content (AvgIpc) is 3.36. The lowest BCUT2D eigenvalue weighted by molar-refractivity contribution is -0.111. The molecule has 1 aromatic heterocycles. The van der Waals surface area contributed by atoms with E-state index in [2.05, 4.69) is 5.32 Å². The molecular weight excluding hydrogens is 620 g/mol. The summed E-state index contributed by atoms with van der Waals surface area (Å²) in [6.45, 7) is 0.832. The molecule has 10 nitrogen and oxygen atoms in total. The van der Waals surface area contributed by atoms with E-state index in [0.29, 0.717) is 24.2 Å². The summed E-state index contributed by atoms with van der Waals surface area (Å²) in [4.78, 5) is 39.0. The van der Waals surface area contributed by atoms with Crippen molar-refractivity contribution in [3.63, 3.8) is 0 Å². The summed E-state index contributed by atoms with van der Waals surface area (Å²) in [5.74, 6) is -1.92. The molecule has 4 aromatic rings. The summed E-state index contributed by atoms with van der Waals surface area (Å²) < 4.78 is 47.5. The Hall–Kier alpha value is -4.90. The van der Waals surface area contributed by atoms with E-state index in [1.54, 1.807) is 18.2 Å². The number of nitrogens with one attached hydrogen (secondary N) is 1. The van der Waals surface area contributed by atoms with Crippen molar-refractivity contribution in [1.82, 2.24) is 8.87 Å². The minimum Gasteiger partial charge on any atom is -0.465 e. The molecule has 0 radical (unpaired) electrons. The molecule has 45 heavy (non-hydrogen) atoms. The van der Waals surface area contributed by atoms with Crippen molar-refractivity contribution in [3.8, 4) is 11.8 Å². The van der Waals surface area contributed by atoms with Crippen LogP contribution in [0.5, 0.6) is 0 Å². The van der Waals surface area contributed by atoms with Gasteiger partial charge in [0.15, 0.2) is 5.57 Å². The van der Waals surface area contributed by atoms with Crippen LogP contribution in [0.2, 0.25) is 0 Å². The Kier molecular flexibility index (Phi) is 9.38. The molecule has 230 valence electrons. The molecule has 13 heteroatoms. The number of methoxy groups -OCH3 is 1. The topological polar surface area (TPSA) is 139 Å². The standard InChI is InChI=1S/C32H27FN4O6S2/c1-43-32(40)22-10-8-21(9-11-22)18-28-30(39)37(25-14-12-23(33)13-15-25)31(44-28)27(20-34)29(38)35-24-6-5-7-26(19-24)45(41,42)36-16-3-2-4-17-36/h5-15,18-19H,2-4,16-17H2,1H3,(H,35,38)/b28-18-,31-27-. The third kappa shape index (κ3) is 6.78. The Labute approximate surface area is 262 Å². The second-order valence-electron chi connectivity index (χ2n) is 10.1. The maximum atomic E-state index is 13.8. The number of benzene rings is 3. The predicted molar refractivity (Wildman–Crippen MR) is 167 cm³/mol. The van der Waals surface area contributed by atoms with Crippen molar-refractivity contribution < 1.29 is 27.1 Å². The number of carbonyl (C=O) groups is 2. The van der Waals surface area contributed by atoms with Gasteiger partial charge in [-0.3, -0.25) is 14.2 Å². The molecule has 0 unspecified atom stereocenters. The summed E-state index contributed by atoms with van der Waals surface area (Å²) in [7, 11) is -2.51. The maximum Gasteiger partial charge on any atom is 0.337 e. The molecule has 1 aliphatic heterocycles. The van der Waals surface area contributed by atoms with Gasteiger partial charge in [-0.05, 0) is 79.1 Å². The van der Waals surface area contributed by atoms with Crippen molar-refractivity contribution in [3.05, 3.63) is 109 Å². The van der Waals surface area contributed by atoms with Gasteiger partial charge in [0, 0.05) is 18.8 Å². The van der Waals surface area contributed by atoms with E-state index in [1.165, 1.54) is 59.9 Å². The van der Waals surface area contributed by atoms with Gasteiger partial charge in [-0.2, -0.15) is 9.57 Å². The summed E-state index contributed by atoms with van der Waals surface area (Å²) in [6, 6.07) is 18.9. The highest BCUT2D eigenvalue weighted by Crippen LogP contribution is 2.23. The molecule has 3 aromatic carbocycles. The molecule has 1 N–H and O–H groups in total. The smallest absolute Gasteiger partial charge is 0.337 e. The molecule has 0 bridgehead atoms. The number of thiazole rings is 1. The van der Waals surface area contributed by atoms with Crippen molar-refractivity contribution in [2.75, 3.05) is 25.5 Å². The number of sulfonamides is 1. The number of esters is 1. The minimum absolute atomic E-state index is 0.00940. The van der Waals surface area contributed by atoms with Crippen LogP contribution in [0.4, 0.5) is 10.1 Å². The minimum atomic E-state index is -3.78. The predicted octanol–water partition coefficient (Wildman–Crippen LogP) is 3.14. The Balaban J connectivity index is 1.58. The molecule has 1 saturated heterocycles. The Morgan fingerprint density at radius 3 is 2.36 bits per heavy atom. The quantitative estimate of drug-likeness (QED) is 0.305. The molecule has 0 spiro atoms. The van der Waals surface area contributed by atoms with E-state index in [-0.39, 0.29) is 25.5 Å². The average molecular weight is 647 g/mol. The summed E-state index contributed by atoms with van der Waals surface area (Å²) in [6.07, 6.45) is 4.04. The second-order valence-corrected chi connectivity index (χ2v) is 13.0. The van der Waals surface area contributed by atoms with E-state index in [9.17, 15) is 32.5 Å². The number of carbonyl (C=O) groups excluding carboxylic acids is 2. The molecule has 2 heterocycles. The van der Waals surface area contributed by atoms with Crippen molar-refractivity contribution in [1.29, 1.82) is 5.26 Å². The lowest BCUT2D eigenvalue weighted by Crippen LogP contribution is -2.35. The fourth-order valence-electron chi connectivity index (χ4n) is 4.84. The van der Waals surface area contributed by atoms with Gasteiger partial charge in [-0.1, -0.05) is 24.6 Å². The van der Waals surface area contributed by atoms with Gasteiger partial charge in [-0.25, -0.2) is 17.6 Å². The van der Waals surface area contributed by atoms with Crippen LogP contribution in [0.3, 0.4) is 0 Å². The number of anilines is 1. The number of piperidine rings is 1. The molecule has 0 atom stereocenters. The maximum absolute atomic E-state index is 13.8. The largest absolute Gasteiger partial charge is 0.465 e. The molecule has 5 rings (SSSR count). The van der Waals surface area contributed by atoms with Crippen LogP contribution in [0.25, 0.3) is 17.3 Å². The molecule has 1 amide bonds. The summed E-state index contributed by atoms with van der Waals surface area (Å²) in [5, 5.41) is 12.7. The van der Waals surface area contributed by atoms with Crippen LogP contribution < -0.4 is 20.1 Å². The lowest BCUT2D eigenvalue weighted by Gasteiger charge is -2.26. The number of halogens is 1. The molecular formula is C32H27FN4O6S2. The first-order valence-corrected chi connectivity index (χ1v) is 16.1. The molecule has 0 saturated carbocycles. The molecule has 1 aliphatic rings. The van der Waals surface area contributed by atoms with E-state index in [4.69, 9.17) is 4.74 Å². The highest BCUT2D eigenvalue weighted by atomic mass is 32.2. The van der Waals surface area contributed by atoms with Crippen molar-refractivity contribution in [2.24, 2.45) is 0 Å². The second kappa shape index (κ2) is 13.4. The van der Waals surface area contributed by atoms with Gasteiger partial charge in [0.25, 0.3) is 11.5 Å². The number of amides is 1. The fourth-order valence-corrected chi connectivity index (χ4v) is 7.50. The van der Waals surface area contributed by atoms with Crippen LogP contribution in [-0.4, -0.2) is 49.4 Å². The summed E-state index contributed by atoms with van der Waals surface area (Å²) in [5.41, 5.74) is 0.280. The van der Waals surface area contributed by atoms with Gasteiger partial charge in [-0.15, -0.1) is 11.3 Å². The molecule has 0 aliphatic carbocycles. The van der Waals surface area contributed by atoms with Crippen molar-refractivity contribution in [2.45, 2.75) is 24.2 Å². The number of nitrogens with zero attached hydrogens (tertiary/aromatic N) is 3. The SMILES string of the molecule is COC(=O)c1ccc(/C=c2\s/c(=C(/C#N)C(=O)Nc3cccc(S(=O)(=O)N4CCCCC4)c3)n(-c3ccc(F)cc3)c2=O)cc1. The van der Waals surface area contributed by atoms with Gasteiger partial charge in [0.2, 0.25) is 10.0 Å². The summed E-state index contributed by atoms with van der Waals surface area (Å²) >= 11 is 0.879. The van der Waals surface area contributed by atoms with E-state index in [1.807, 2.05) is 6.07 Å². The van der Waals surface area contributed by atoms with E-state index < -0.39 is 38.8 Å². The Morgan fingerprint density at radius 2 is 1.71 bits per heavy atom. The van der Waals surface area contributed by atoms with Crippen LogP contribution in [0.15, 0.2) is 82.5 Å². The zero-order valence-corrected chi connectivity index (χ0v) is 25.7. The Bertz CT molecular complexity index is 2090. The van der Waals surface area contributed by atoms with Gasteiger partial charge in [0.1, 0.15) is 16.5 Å². The zero-order chi connectivity index (χ0) is 32.1.